The molecule has 2 aromatic carbocycles. The highest BCUT2D eigenvalue weighted by molar-refractivity contribution is 5.83. The van der Waals surface area contributed by atoms with Crippen molar-refractivity contribution in [2.45, 2.75) is 25.7 Å². The number of carbonyl (C=O) groups is 1. The molecule has 4 nitrogen and oxygen atoms in total. The van der Waals surface area contributed by atoms with E-state index in [-0.39, 0.29) is 5.91 Å². The molecule has 1 aromatic heterocycles. The Morgan fingerprint density at radius 1 is 0.967 bits per heavy atom. The minimum absolute atomic E-state index is 0.141. The predicted octanol–water partition coefficient (Wildman–Crippen LogP) is 4.45. The second kappa shape index (κ2) is 9.68. The molecular weight excluding hydrogens is 372 g/mol. The van der Waals surface area contributed by atoms with Crippen LogP contribution in [-0.2, 0) is 22.4 Å². The van der Waals surface area contributed by atoms with Crippen molar-refractivity contribution in [3.05, 3.63) is 90.3 Å². The summed E-state index contributed by atoms with van der Waals surface area (Å²) < 4.78 is 5.61. The van der Waals surface area contributed by atoms with Crippen LogP contribution in [0.5, 0.6) is 0 Å². The Bertz CT molecular complexity index is 951. The fourth-order valence-corrected chi connectivity index (χ4v) is 4.24. The van der Waals surface area contributed by atoms with Gasteiger partial charge in [0.2, 0.25) is 5.91 Å². The van der Waals surface area contributed by atoms with Gasteiger partial charge in [-0.15, -0.1) is 0 Å². The highest BCUT2D eigenvalue weighted by Crippen LogP contribution is 2.37. The minimum atomic E-state index is -0.437. The van der Waals surface area contributed by atoms with Crippen LogP contribution in [0.15, 0.2) is 79.1 Å². The van der Waals surface area contributed by atoms with Crippen molar-refractivity contribution in [2.24, 2.45) is 5.41 Å². The molecule has 0 aliphatic carbocycles. The van der Waals surface area contributed by atoms with Crippen LogP contribution < -0.4 is 5.32 Å². The summed E-state index contributed by atoms with van der Waals surface area (Å²) in [6.45, 7) is 1.90. The van der Waals surface area contributed by atoms with Crippen LogP contribution in [0.25, 0.3) is 11.1 Å². The molecule has 30 heavy (non-hydrogen) atoms. The van der Waals surface area contributed by atoms with E-state index in [1.165, 1.54) is 11.1 Å². The van der Waals surface area contributed by atoms with Gasteiger partial charge >= 0.3 is 0 Å². The van der Waals surface area contributed by atoms with Crippen LogP contribution in [0.1, 0.15) is 24.0 Å². The highest BCUT2D eigenvalue weighted by atomic mass is 16.5. The van der Waals surface area contributed by atoms with Crippen LogP contribution in [0.2, 0.25) is 0 Å². The number of nitrogens with zero attached hydrogens (tertiary/aromatic N) is 1. The van der Waals surface area contributed by atoms with Crippen molar-refractivity contribution in [1.82, 2.24) is 10.3 Å². The van der Waals surface area contributed by atoms with E-state index in [4.69, 9.17) is 4.74 Å². The lowest BCUT2D eigenvalue weighted by Crippen LogP contribution is -2.46. The van der Waals surface area contributed by atoms with Gasteiger partial charge in [-0.1, -0.05) is 60.7 Å². The van der Waals surface area contributed by atoms with E-state index in [2.05, 4.69) is 46.7 Å². The molecule has 1 aliphatic heterocycles. The average Bonchev–Trinajstić information content (AvgIpc) is 2.81. The molecule has 4 rings (SSSR count). The van der Waals surface area contributed by atoms with E-state index in [0.29, 0.717) is 26.2 Å². The quantitative estimate of drug-likeness (QED) is 0.638. The lowest BCUT2D eigenvalue weighted by molar-refractivity contribution is -0.136. The van der Waals surface area contributed by atoms with Gasteiger partial charge in [-0.05, 0) is 48.4 Å². The Labute approximate surface area is 178 Å². The molecule has 0 saturated carbocycles. The number of aromatic nitrogens is 1. The first-order valence-electron chi connectivity index (χ1n) is 10.7. The summed E-state index contributed by atoms with van der Waals surface area (Å²) in [4.78, 5) is 17.7. The molecule has 2 heterocycles. The predicted molar refractivity (Wildman–Crippen MR) is 119 cm³/mol. The first-order chi connectivity index (χ1) is 14.8. The van der Waals surface area contributed by atoms with Crippen LogP contribution in [0.3, 0.4) is 0 Å². The number of nitrogens with one attached hydrogen (secondary N) is 1. The fraction of sp³-hybridized carbons (Fsp3) is 0.308. The number of ether oxygens (including phenoxy) is 1. The maximum atomic E-state index is 13.4. The third-order valence-electron chi connectivity index (χ3n) is 5.99. The molecule has 3 aromatic rings. The van der Waals surface area contributed by atoms with E-state index >= 15 is 0 Å². The molecule has 0 unspecified atom stereocenters. The molecule has 154 valence electrons. The number of rotatable bonds is 7. The Hall–Kier alpha value is -2.98. The van der Waals surface area contributed by atoms with E-state index < -0.39 is 5.41 Å². The van der Waals surface area contributed by atoms with Crippen LogP contribution >= 0.6 is 0 Å². The van der Waals surface area contributed by atoms with E-state index in [1.54, 1.807) is 6.20 Å². The summed E-state index contributed by atoms with van der Waals surface area (Å²) in [5.41, 5.74) is 4.22. The molecule has 4 heteroatoms. The number of pyridine rings is 1. The summed E-state index contributed by atoms with van der Waals surface area (Å²) in [7, 11) is 0. The number of carbonyl (C=O) groups excluding carboxylic acids is 1. The second-order valence-corrected chi connectivity index (χ2v) is 7.96. The molecule has 1 aliphatic rings. The topological polar surface area (TPSA) is 51.2 Å². The van der Waals surface area contributed by atoms with E-state index in [0.717, 1.165) is 30.4 Å². The lowest BCUT2D eigenvalue weighted by atomic mass is 9.73. The Morgan fingerprint density at radius 2 is 1.73 bits per heavy atom. The zero-order valence-electron chi connectivity index (χ0n) is 17.2. The number of hydrogen-bond acceptors (Lipinski definition) is 3. The molecular formula is C26H28N2O2. The summed E-state index contributed by atoms with van der Waals surface area (Å²) >= 11 is 0. The van der Waals surface area contributed by atoms with Crippen molar-refractivity contribution >= 4 is 5.91 Å². The van der Waals surface area contributed by atoms with Gasteiger partial charge in [-0.2, -0.15) is 0 Å². The minimum Gasteiger partial charge on any atom is -0.381 e. The van der Waals surface area contributed by atoms with Gasteiger partial charge in [0.25, 0.3) is 0 Å². The normalized spacial score (nSPS) is 15.5. The molecule has 0 radical (unpaired) electrons. The molecule has 0 atom stereocenters. The van der Waals surface area contributed by atoms with E-state index in [9.17, 15) is 4.79 Å². The number of amides is 1. The molecule has 1 fully saturated rings. The number of hydrogen-bond donors (Lipinski definition) is 1. The van der Waals surface area contributed by atoms with Gasteiger partial charge in [-0.3, -0.25) is 9.78 Å². The third-order valence-corrected chi connectivity index (χ3v) is 5.99. The zero-order valence-corrected chi connectivity index (χ0v) is 17.2. The van der Waals surface area contributed by atoms with Crippen molar-refractivity contribution < 1.29 is 9.53 Å². The fourth-order valence-electron chi connectivity index (χ4n) is 4.24. The third kappa shape index (κ3) is 4.77. The molecule has 1 amide bonds. The van der Waals surface area contributed by atoms with Gasteiger partial charge < -0.3 is 10.1 Å². The van der Waals surface area contributed by atoms with Crippen LogP contribution in [0.4, 0.5) is 0 Å². The molecule has 1 N–H and O–H groups in total. The molecule has 0 spiro atoms. The SMILES string of the molecule is O=C(NCCc1ccccc1)C1(Cc2ccccc2-c2cccnc2)CCOCC1. The van der Waals surface area contributed by atoms with Crippen molar-refractivity contribution in [3.63, 3.8) is 0 Å². The highest BCUT2D eigenvalue weighted by Gasteiger charge is 2.40. The largest absolute Gasteiger partial charge is 0.381 e. The summed E-state index contributed by atoms with van der Waals surface area (Å²) in [5, 5.41) is 3.21. The van der Waals surface area contributed by atoms with E-state index in [1.807, 2.05) is 36.5 Å². The first-order valence-corrected chi connectivity index (χ1v) is 10.7. The zero-order chi connectivity index (χ0) is 20.7. The summed E-state index contributed by atoms with van der Waals surface area (Å²) in [5.74, 6) is 0.141. The maximum Gasteiger partial charge on any atom is 0.226 e. The average molecular weight is 401 g/mol. The Kier molecular flexibility index (Phi) is 6.55. The first kappa shape index (κ1) is 20.3. The second-order valence-electron chi connectivity index (χ2n) is 7.96. The van der Waals surface area contributed by atoms with Gasteiger partial charge in [0.05, 0.1) is 5.41 Å². The smallest absolute Gasteiger partial charge is 0.226 e. The van der Waals surface area contributed by atoms with Crippen molar-refractivity contribution in [1.29, 1.82) is 0 Å². The van der Waals surface area contributed by atoms with Crippen molar-refractivity contribution in [2.75, 3.05) is 19.8 Å². The van der Waals surface area contributed by atoms with Crippen molar-refractivity contribution in [3.8, 4) is 11.1 Å². The van der Waals surface area contributed by atoms with Gasteiger partial charge in [0, 0.05) is 37.7 Å². The van der Waals surface area contributed by atoms with Gasteiger partial charge in [0.15, 0.2) is 0 Å². The monoisotopic (exact) mass is 400 g/mol. The Balaban J connectivity index is 1.52. The molecule has 1 saturated heterocycles. The summed E-state index contributed by atoms with van der Waals surface area (Å²) in [6, 6.07) is 22.6. The standard InChI is InChI=1S/C26H28N2O2/c29-25(28-16-12-21-7-2-1-3-8-21)26(13-17-30-18-14-26)19-22-9-4-5-11-24(22)23-10-6-15-27-20-23/h1-11,15,20H,12-14,16-19H2,(H,28,29). The maximum absolute atomic E-state index is 13.4. The van der Waals surface area contributed by atoms with Crippen LogP contribution in [0, 0.1) is 5.41 Å². The number of benzene rings is 2. The van der Waals surface area contributed by atoms with Crippen LogP contribution in [-0.4, -0.2) is 30.6 Å². The summed E-state index contributed by atoms with van der Waals surface area (Å²) in [6.07, 6.45) is 6.70. The molecule has 0 bridgehead atoms. The van der Waals surface area contributed by atoms with Gasteiger partial charge in [-0.25, -0.2) is 0 Å². The lowest BCUT2D eigenvalue weighted by Gasteiger charge is -2.36. The Morgan fingerprint density at radius 3 is 2.50 bits per heavy atom. The van der Waals surface area contributed by atoms with Gasteiger partial charge in [0.1, 0.15) is 0 Å².